The van der Waals surface area contributed by atoms with Crippen molar-refractivity contribution < 1.29 is 4.92 Å². The number of anilines is 1. The summed E-state index contributed by atoms with van der Waals surface area (Å²) in [4.78, 5) is 12.9. The average Bonchev–Trinajstić information content (AvgIpc) is 2.65. The van der Waals surface area contributed by atoms with Crippen molar-refractivity contribution in [1.29, 1.82) is 0 Å². The molecule has 0 saturated heterocycles. The Balaban J connectivity index is 2.21. The van der Waals surface area contributed by atoms with Gasteiger partial charge in [0.25, 0.3) is 5.69 Å². The van der Waals surface area contributed by atoms with Crippen LogP contribution in [0.25, 0.3) is 0 Å². The highest BCUT2D eigenvalue weighted by molar-refractivity contribution is 8.01. The molecular formula is C8H8N4O2S. The van der Waals surface area contributed by atoms with Gasteiger partial charge < -0.3 is 5.73 Å². The molecule has 7 heteroatoms. The quantitative estimate of drug-likeness (QED) is 0.448. The van der Waals surface area contributed by atoms with Gasteiger partial charge in [-0.1, -0.05) is 0 Å². The van der Waals surface area contributed by atoms with Crippen molar-refractivity contribution >= 4 is 23.3 Å². The highest BCUT2D eigenvalue weighted by Gasteiger charge is 2.13. The second kappa shape index (κ2) is 3.79. The van der Waals surface area contributed by atoms with Crippen molar-refractivity contribution in [1.82, 2.24) is 4.83 Å². The third-order valence-electron chi connectivity index (χ3n) is 1.86. The Labute approximate surface area is 90.0 Å². The first-order chi connectivity index (χ1) is 7.16. The van der Waals surface area contributed by atoms with E-state index >= 15 is 0 Å². The lowest BCUT2D eigenvalue weighted by atomic mass is 10.3. The van der Waals surface area contributed by atoms with E-state index in [1.54, 1.807) is 23.3 Å². The van der Waals surface area contributed by atoms with Gasteiger partial charge in [-0.25, -0.2) is 0 Å². The minimum absolute atomic E-state index is 0.0718. The van der Waals surface area contributed by atoms with Crippen molar-refractivity contribution in [3.8, 4) is 0 Å². The largest absolute Gasteiger partial charge is 0.391 e. The van der Waals surface area contributed by atoms with Gasteiger partial charge in [-0.2, -0.15) is 4.83 Å². The molecule has 0 saturated carbocycles. The Morgan fingerprint density at radius 2 is 2.07 bits per heavy atom. The lowest BCUT2D eigenvalue weighted by molar-refractivity contribution is -0.384. The molecule has 1 aliphatic heterocycles. The molecular weight excluding hydrogens is 216 g/mol. The molecule has 2 rings (SSSR count). The van der Waals surface area contributed by atoms with Crippen LogP contribution in [0.5, 0.6) is 0 Å². The zero-order valence-corrected chi connectivity index (χ0v) is 8.40. The molecule has 0 amide bonds. The number of rotatable bonds is 2. The molecule has 0 atom stereocenters. The Bertz CT molecular complexity index is 417. The Kier molecular flexibility index (Phi) is 2.48. The van der Waals surface area contributed by atoms with E-state index in [0.717, 1.165) is 5.69 Å². The second-order valence-corrected chi connectivity index (χ2v) is 3.73. The number of non-ortho nitro benzene ring substituents is 1. The number of nitrogens with one attached hydrogen (secondary N) is 1. The standard InChI is InChI=1S/C8H8N4O2S/c9-8-5-11(10-15-8)6-1-3-7(4-2-6)12(13)14/h1-5,10H,9H2. The van der Waals surface area contributed by atoms with Gasteiger partial charge in [0.05, 0.1) is 16.8 Å². The summed E-state index contributed by atoms with van der Waals surface area (Å²) in [5.74, 6) is 0. The fraction of sp³-hybridized carbons (Fsp3) is 0. The number of hydrazine groups is 1. The van der Waals surface area contributed by atoms with Crippen LogP contribution in [0, 0.1) is 10.1 Å². The minimum Gasteiger partial charge on any atom is -0.391 e. The van der Waals surface area contributed by atoms with Gasteiger partial charge in [0.15, 0.2) is 0 Å². The maximum absolute atomic E-state index is 10.4. The fourth-order valence-electron chi connectivity index (χ4n) is 1.14. The molecule has 0 aliphatic carbocycles. The van der Waals surface area contributed by atoms with Crippen LogP contribution in [-0.4, -0.2) is 4.92 Å². The smallest absolute Gasteiger partial charge is 0.269 e. The molecule has 1 heterocycles. The number of hydrogen-bond donors (Lipinski definition) is 2. The van der Waals surface area contributed by atoms with E-state index in [-0.39, 0.29) is 5.69 Å². The third-order valence-corrected chi connectivity index (χ3v) is 2.49. The Morgan fingerprint density at radius 1 is 1.40 bits per heavy atom. The predicted octanol–water partition coefficient (Wildman–Crippen LogP) is 1.33. The molecule has 0 unspecified atom stereocenters. The van der Waals surface area contributed by atoms with Crippen molar-refractivity contribution in [2.45, 2.75) is 0 Å². The van der Waals surface area contributed by atoms with Crippen LogP contribution in [0.4, 0.5) is 11.4 Å². The van der Waals surface area contributed by atoms with Crippen LogP contribution in [-0.2, 0) is 0 Å². The van der Waals surface area contributed by atoms with Crippen LogP contribution in [0.1, 0.15) is 0 Å². The van der Waals surface area contributed by atoms with Crippen LogP contribution in [0.3, 0.4) is 0 Å². The van der Waals surface area contributed by atoms with Gasteiger partial charge in [0.2, 0.25) is 0 Å². The van der Waals surface area contributed by atoms with Crippen LogP contribution in [0.2, 0.25) is 0 Å². The zero-order valence-electron chi connectivity index (χ0n) is 7.58. The number of benzene rings is 1. The molecule has 1 aliphatic rings. The van der Waals surface area contributed by atoms with Crippen molar-refractivity contribution in [3.05, 3.63) is 45.6 Å². The van der Waals surface area contributed by atoms with Crippen molar-refractivity contribution in [3.63, 3.8) is 0 Å². The van der Waals surface area contributed by atoms with E-state index < -0.39 is 4.92 Å². The van der Waals surface area contributed by atoms with E-state index in [1.165, 1.54) is 24.1 Å². The summed E-state index contributed by atoms with van der Waals surface area (Å²) in [5.41, 5.74) is 6.42. The van der Waals surface area contributed by atoms with Crippen LogP contribution >= 0.6 is 11.9 Å². The molecule has 0 radical (unpaired) electrons. The number of nitrogens with two attached hydrogens (primary N) is 1. The minimum atomic E-state index is -0.430. The summed E-state index contributed by atoms with van der Waals surface area (Å²) in [7, 11) is 0. The van der Waals surface area contributed by atoms with Gasteiger partial charge in [0, 0.05) is 12.1 Å². The first-order valence-corrected chi connectivity index (χ1v) is 4.92. The normalized spacial score (nSPS) is 15.2. The topological polar surface area (TPSA) is 84.4 Å². The summed E-state index contributed by atoms with van der Waals surface area (Å²) in [6.07, 6.45) is 1.71. The lowest BCUT2D eigenvalue weighted by Crippen LogP contribution is -2.22. The zero-order chi connectivity index (χ0) is 10.8. The Morgan fingerprint density at radius 3 is 2.53 bits per heavy atom. The first-order valence-electron chi connectivity index (χ1n) is 4.10. The molecule has 0 spiro atoms. The maximum Gasteiger partial charge on any atom is 0.269 e. The predicted molar refractivity (Wildman–Crippen MR) is 58.6 cm³/mol. The van der Waals surface area contributed by atoms with Gasteiger partial charge in [0.1, 0.15) is 5.03 Å². The van der Waals surface area contributed by atoms with Gasteiger partial charge in [-0.15, -0.1) is 0 Å². The second-order valence-electron chi connectivity index (χ2n) is 2.87. The van der Waals surface area contributed by atoms with Crippen molar-refractivity contribution in [2.75, 3.05) is 5.01 Å². The van der Waals surface area contributed by atoms with E-state index in [9.17, 15) is 10.1 Å². The SMILES string of the molecule is NC1=CN(c2ccc([N+](=O)[O-])cc2)NS1. The summed E-state index contributed by atoms with van der Waals surface area (Å²) >= 11 is 1.29. The van der Waals surface area contributed by atoms with Crippen LogP contribution in [0.15, 0.2) is 35.5 Å². The summed E-state index contributed by atoms with van der Waals surface area (Å²) in [6.45, 7) is 0. The third kappa shape index (κ3) is 2.03. The van der Waals surface area contributed by atoms with E-state index in [2.05, 4.69) is 4.83 Å². The summed E-state index contributed by atoms with van der Waals surface area (Å²) in [5, 5.41) is 12.8. The molecule has 1 aromatic rings. The maximum atomic E-state index is 10.4. The average molecular weight is 224 g/mol. The van der Waals surface area contributed by atoms with E-state index in [1.807, 2.05) is 0 Å². The lowest BCUT2D eigenvalue weighted by Gasteiger charge is -2.13. The molecule has 1 aromatic carbocycles. The van der Waals surface area contributed by atoms with E-state index in [4.69, 9.17) is 5.73 Å². The number of nitro benzene ring substituents is 1. The molecule has 0 fully saturated rings. The highest BCUT2D eigenvalue weighted by Crippen LogP contribution is 2.24. The molecule has 15 heavy (non-hydrogen) atoms. The molecule has 0 aromatic heterocycles. The Hall–Kier alpha value is -1.73. The summed E-state index contributed by atoms with van der Waals surface area (Å²) in [6, 6.07) is 6.20. The van der Waals surface area contributed by atoms with Crippen molar-refractivity contribution in [2.24, 2.45) is 5.73 Å². The van der Waals surface area contributed by atoms with Gasteiger partial charge in [-0.3, -0.25) is 15.1 Å². The first kappa shape index (κ1) is 9.81. The number of nitrogens with zero attached hydrogens (tertiary/aromatic N) is 2. The monoisotopic (exact) mass is 224 g/mol. The molecule has 6 nitrogen and oxygen atoms in total. The molecule has 3 N–H and O–H groups in total. The number of nitro groups is 1. The molecule has 78 valence electrons. The van der Waals surface area contributed by atoms with Crippen LogP contribution < -0.4 is 15.6 Å². The fourth-order valence-corrected chi connectivity index (χ4v) is 1.66. The molecule has 0 bridgehead atoms. The van der Waals surface area contributed by atoms with Gasteiger partial charge in [-0.05, 0) is 24.1 Å². The van der Waals surface area contributed by atoms with E-state index in [0.29, 0.717) is 5.03 Å². The number of hydrogen-bond acceptors (Lipinski definition) is 6. The van der Waals surface area contributed by atoms with Gasteiger partial charge >= 0.3 is 0 Å². The highest BCUT2D eigenvalue weighted by atomic mass is 32.2. The summed E-state index contributed by atoms with van der Waals surface area (Å²) < 4.78 is 0.